The van der Waals surface area contributed by atoms with Crippen molar-refractivity contribution in [1.82, 2.24) is 25.1 Å². The van der Waals surface area contributed by atoms with E-state index in [1.165, 1.54) is 12.8 Å². The van der Waals surface area contributed by atoms with E-state index in [0.717, 1.165) is 31.3 Å². The molecular formula is C17H24N6O. The molecule has 3 rings (SSSR count). The van der Waals surface area contributed by atoms with Crippen LogP contribution in [0.15, 0.2) is 24.5 Å². The number of hydrogen-bond donors (Lipinski definition) is 1. The van der Waals surface area contributed by atoms with Gasteiger partial charge in [-0.2, -0.15) is 0 Å². The van der Waals surface area contributed by atoms with Crippen LogP contribution in [-0.4, -0.2) is 38.7 Å². The number of aromatic nitrogens is 4. The molecule has 0 saturated carbocycles. The highest BCUT2D eigenvalue weighted by Crippen LogP contribution is 2.16. The van der Waals surface area contributed by atoms with Crippen LogP contribution in [0.1, 0.15) is 43.0 Å². The summed E-state index contributed by atoms with van der Waals surface area (Å²) < 4.78 is 2.06. The Morgan fingerprint density at radius 3 is 2.71 bits per heavy atom. The summed E-state index contributed by atoms with van der Waals surface area (Å²) >= 11 is 0. The van der Waals surface area contributed by atoms with Gasteiger partial charge >= 0.3 is 0 Å². The maximum Gasteiger partial charge on any atom is 0.272 e. The predicted molar refractivity (Wildman–Crippen MR) is 91.7 cm³/mol. The lowest BCUT2D eigenvalue weighted by molar-refractivity contribution is 0.0943. The van der Waals surface area contributed by atoms with E-state index in [4.69, 9.17) is 0 Å². The number of rotatable bonds is 6. The molecule has 1 amide bonds. The molecule has 2 aromatic rings. The lowest BCUT2D eigenvalue weighted by Gasteiger charge is -2.15. The average Bonchev–Trinajstić information content (AvgIpc) is 3.24. The number of nitrogens with one attached hydrogen (secondary N) is 1. The van der Waals surface area contributed by atoms with Crippen molar-refractivity contribution in [3.8, 4) is 0 Å². The van der Waals surface area contributed by atoms with E-state index in [0.29, 0.717) is 18.2 Å². The molecule has 1 aliphatic rings. The minimum Gasteiger partial charge on any atom is -0.355 e. The van der Waals surface area contributed by atoms with Crippen molar-refractivity contribution in [2.24, 2.45) is 5.92 Å². The van der Waals surface area contributed by atoms with E-state index in [1.54, 1.807) is 12.3 Å². The molecule has 1 saturated heterocycles. The summed E-state index contributed by atoms with van der Waals surface area (Å²) in [4.78, 5) is 18.7. The van der Waals surface area contributed by atoms with Crippen molar-refractivity contribution in [3.05, 3.63) is 36.0 Å². The third kappa shape index (κ3) is 3.90. The van der Waals surface area contributed by atoms with Crippen LogP contribution < -0.4 is 10.2 Å². The van der Waals surface area contributed by atoms with Crippen LogP contribution in [0.3, 0.4) is 0 Å². The Kier molecular flexibility index (Phi) is 5.08. The van der Waals surface area contributed by atoms with Gasteiger partial charge in [0, 0.05) is 32.0 Å². The van der Waals surface area contributed by atoms with Gasteiger partial charge in [-0.1, -0.05) is 13.8 Å². The van der Waals surface area contributed by atoms with Crippen molar-refractivity contribution < 1.29 is 4.79 Å². The molecule has 0 spiro atoms. The van der Waals surface area contributed by atoms with Crippen molar-refractivity contribution in [1.29, 1.82) is 0 Å². The van der Waals surface area contributed by atoms with Gasteiger partial charge in [0.05, 0.1) is 6.54 Å². The van der Waals surface area contributed by atoms with E-state index >= 15 is 0 Å². The Labute approximate surface area is 142 Å². The van der Waals surface area contributed by atoms with Gasteiger partial charge in [-0.3, -0.25) is 4.79 Å². The first-order valence-corrected chi connectivity index (χ1v) is 8.50. The van der Waals surface area contributed by atoms with Crippen LogP contribution in [0.25, 0.3) is 0 Å². The first-order valence-electron chi connectivity index (χ1n) is 8.50. The third-order valence-corrected chi connectivity index (χ3v) is 4.08. The minimum absolute atomic E-state index is 0.227. The molecule has 0 radical (unpaired) electrons. The van der Waals surface area contributed by atoms with E-state index in [2.05, 4.69) is 43.8 Å². The zero-order valence-corrected chi connectivity index (χ0v) is 14.3. The molecule has 0 aliphatic carbocycles. The Morgan fingerprint density at radius 2 is 2.04 bits per heavy atom. The van der Waals surface area contributed by atoms with Crippen molar-refractivity contribution >= 4 is 11.7 Å². The lowest BCUT2D eigenvalue weighted by Crippen LogP contribution is -2.27. The summed E-state index contributed by atoms with van der Waals surface area (Å²) in [7, 11) is 0. The average molecular weight is 328 g/mol. The maximum absolute atomic E-state index is 12.2. The van der Waals surface area contributed by atoms with E-state index < -0.39 is 0 Å². The first-order chi connectivity index (χ1) is 11.6. The standard InChI is InChI=1S/C17H24N6O/c1-13(2)12-23-10-7-18-16(23)11-19-17(24)14-5-6-15(21-20-14)22-8-3-4-9-22/h5-7,10,13H,3-4,8-9,11-12H2,1-2H3,(H,19,24). The monoisotopic (exact) mass is 328 g/mol. The van der Waals surface area contributed by atoms with Gasteiger partial charge in [0.1, 0.15) is 5.82 Å². The van der Waals surface area contributed by atoms with E-state index in [1.807, 2.05) is 12.3 Å². The van der Waals surface area contributed by atoms with Crippen LogP contribution >= 0.6 is 0 Å². The van der Waals surface area contributed by atoms with Gasteiger partial charge in [0.15, 0.2) is 11.5 Å². The highest BCUT2D eigenvalue weighted by molar-refractivity contribution is 5.92. The minimum atomic E-state index is -0.227. The number of imidazole rings is 1. The molecule has 0 atom stereocenters. The maximum atomic E-state index is 12.2. The zero-order valence-electron chi connectivity index (χ0n) is 14.3. The fraction of sp³-hybridized carbons (Fsp3) is 0.529. The summed E-state index contributed by atoms with van der Waals surface area (Å²) in [5.41, 5.74) is 0.333. The Bertz CT molecular complexity index is 673. The molecule has 3 heterocycles. The van der Waals surface area contributed by atoms with Gasteiger partial charge in [0.25, 0.3) is 5.91 Å². The summed E-state index contributed by atoms with van der Waals surface area (Å²) in [6.45, 7) is 7.60. The van der Waals surface area contributed by atoms with Gasteiger partial charge in [0.2, 0.25) is 0 Å². The molecule has 7 nitrogen and oxygen atoms in total. The molecule has 0 unspecified atom stereocenters. The van der Waals surface area contributed by atoms with Crippen LogP contribution in [0.2, 0.25) is 0 Å². The van der Waals surface area contributed by atoms with Crippen LogP contribution in [0.4, 0.5) is 5.82 Å². The normalized spacial score (nSPS) is 14.4. The quantitative estimate of drug-likeness (QED) is 0.876. The number of anilines is 1. The Hall–Kier alpha value is -2.44. The summed E-state index contributed by atoms with van der Waals surface area (Å²) in [6, 6.07) is 3.60. The van der Waals surface area contributed by atoms with Gasteiger partial charge in [-0.25, -0.2) is 4.98 Å². The molecule has 128 valence electrons. The molecule has 24 heavy (non-hydrogen) atoms. The number of nitrogens with zero attached hydrogens (tertiary/aromatic N) is 5. The fourth-order valence-electron chi connectivity index (χ4n) is 2.88. The molecule has 0 aromatic carbocycles. The second-order valence-electron chi connectivity index (χ2n) is 6.54. The van der Waals surface area contributed by atoms with Gasteiger partial charge < -0.3 is 14.8 Å². The van der Waals surface area contributed by atoms with E-state index in [9.17, 15) is 4.79 Å². The van der Waals surface area contributed by atoms with Crippen molar-refractivity contribution in [3.63, 3.8) is 0 Å². The highest BCUT2D eigenvalue weighted by atomic mass is 16.1. The zero-order chi connectivity index (χ0) is 16.9. The number of carbonyl (C=O) groups excluding carboxylic acids is 1. The van der Waals surface area contributed by atoms with E-state index in [-0.39, 0.29) is 5.91 Å². The lowest BCUT2D eigenvalue weighted by atomic mass is 10.2. The Morgan fingerprint density at radius 1 is 1.25 bits per heavy atom. The first kappa shape index (κ1) is 16.4. The summed E-state index contributed by atoms with van der Waals surface area (Å²) in [5.74, 6) is 1.99. The van der Waals surface area contributed by atoms with Crippen molar-refractivity contribution in [2.45, 2.75) is 39.8 Å². The molecule has 7 heteroatoms. The summed E-state index contributed by atoms with van der Waals surface area (Å²) in [6.07, 6.45) is 6.07. The van der Waals surface area contributed by atoms with Gasteiger partial charge in [-0.05, 0) is 30.9 Å². The second kappa shape index (κ2) is 7.42. The molecule has 2 aromatic heterocycles. The molecule has 1 N–H and O–H groups in total. The molecule has 0 bridgehead atoms. The number of amides is 1. The fourth-order valence-corrected chi connectivity index (χ4v) is 2.88. The highest BCUT2D eigenvalue weighted by Gasteiger charge is 2.15. The van der Waals surface area contributed by atoms with Crippen LogP contribution in [0, 0.1) is 5.92 Å². The summed E-state index contributed by atoms with van der Waals surface area (Å²) in [5, 5.41) is 11.1. The smallest absolute Gasteiger partial charge is 0.272 e. The van der Waals surface area contributed by atoms with Crippen LogP contribution in [-0.2, 0) is 13.1 Å². The molecule has 1 fully saturated rings. The molecule has 1 aliphatic heterocycles. The second-order valence-corrected chi connectivity index (χ2v) is 6.54. The Balaban J connectivity index is 1.58. The SMILES string of the molecule is CC(C)Cn1ccnc1CNC(=O)c1ccc(N2CCCC2)nn1. The number of hydrogen-bond acceptors (Lipinski definition) is 5. The van der Waals surface area contributed by atoms with Gasteiger partial charge in [-0.15, -0.1) is 10.2 Å². The largest absolute Gasteiger partial charge is 0.355 e. The number of carbonyl (C=O) groups is 1. The molecular weight excluding hydrogens is 304 g/mol. The van der Waals surface area contributed by atoms with Crippen molar-refractivity contribution in [2.75, 3.05) is 18.0 Å². The topological polar surface area (TPSA) is 75.9 Å². The van der Waals surface area contributed by atoms with Crippen LogP contribution in [0.5, 0.6) is 0 Å². The predicted octanol–water partition coefficient (Wildman–Crippen LogP) is 1.86. The third-order valence-electron chi connectivity index (χ3n) is 4.08.